The molecule has 2 aromatic heterocycles. The lowest BCUT2D eigenvalue weighted by Gasteiger charge is -2.27. The molecule has 0 spiro atoms. The highest BCUT2D eigenvalue weighted by Crippen LogP contribution is 2.29. The highest BCUT2D eigenvalue weighted by atomic mass is 16.5. The number of methoxy groups -OCH3 is 2. The number of fused-ring (bicyclic) bond motifs is 1. The van der Waals surface area contributed by atoms with Crippen LogP contribution >= 0.6 is 0 Å². The summed E-state index contributed by atoms with van der Waals surface area (Å²) in [5.74, 6) is 2.48. The molecule has 9 heteroatoms. The number of nitrogens with zero attached hydrogens (tertiary/aromatic N) is 5. The molecule has 0 amide bonds. The van der Waals surface area contributed by atoms with Gasteiger partial charge in [0.25, 0.3) is 5.88 Å². The van der Waals surface area contributed by atoms with Crippen molar-refractivity contribution in [3.63, 3.8) is 0 Å². The molecule has 188 valence electrons. The van der Waals surface area contributed by atoms with E-state index in [4.69, 9.17) is 23.9 Å². The van der Waals surface area contributed by atoms with Crippen molar-refractivity contribution in [2.75, 3.05) is 45.4 Å². The molecule has 1 aliphatic heterocycles. The number of aromatic nitrogens is 3. The first kappa shape index (κ1) is 24.3. The maximum Gasteiger partial charge on any atom is 0.257 e. The summed E-state index contributed by atoms with van der Waals surface area (Å²) in [5, 5.41) is 10.0. The van der Waals surface area contributed by atoms with E-state index >= 15 is 0 Å². The second-order valence-electron chi connectivity index (χ2n) is 8.57. The first-order valence-electron chi connectivity index (χ1n) is 12.0. The van der Waals surface area contributed by atoms with E-state index in [1.165, 1.54) is 0 Å². The van der Waals surface area contributed by atoms with E-state index in [2.05, 4.69) is 20.9 Å². The topological polar surface area (TPSA) is 103 Å². The Morgan fingerprint density at radius 3 is 2.51 bits per heavy atom. The molecule has 9 nitrogen and oxygen atoms in total. The van der Waals surface area contributed by atoms with E-state index in [9.17, 15) is 5.26 Å². The van der Waals surface area contributed by atoms with Crippen LogP contribution in [-0.4, -0.2) is 55.5 Å². The van der Waals surface area contributed by atoms with E-state index < -0.39 is 0 Å². The molecule has 37 heavy (non-hydrogen) atoms. The summed E-state index contributed by atoms with van der Waals surface area (Å²) in [6.45, 7) is 3.15. The van der Waals surface area contributed by atoms with Crippen LogP contribution < -0.4 is 19.1 Å². The quantitative estimate of drug-likeness (QED) is 0.358. The Morgan fingerprint density at radius 2 is 1.78 bits per heavy atom. The monoisotopic (exact) mass is 497 g/mol. The number of pyridine rings is 1. The minimum absolute atomic E-state index is 0.347. The third-order valence-electron chi connectivity index (χ3n) is 6.26. The Labute approximate surface area is 215 Å². The lowest BCUT2D eigenvalue weighted by Crippen LogP contribution is -2.36. The number of benzene rings is 2. The number of nitriles is 1. The van der Waals surface area contributed by atoms with Gasteiger partial charge in [0.05, 0.1) is 44.7 Å². The van der Waals surface area contributed by atoms with Crippen LogP contribution in [0.25, 0.3) is 11.0 Å². The molecular formula is C28H27N5O4. The van der Waals surface area contributed by atoms with Crippen LogP contribution in [0.4, 0.5) is 5.82 Å². The summed E-state index contributed by atoms with van der Waals surface area (Å²) in [6.07, 6.45) is 3.99. The molecule has 5 rings (SSSR count). The number of ether oxygens (including phenoxy) is 4. The molecule has 1 saturated heterocycles. The summed E-state index contributed by atoms with van der Waals surface area (Å²) in [5.41, 5.74) is 4.53. The number of hydrogen-bond acceptors (Lipinski definition) is 9. The van der Waals surface area contributed by atoms with Gasteiger partial charge in [-0.15, -0.1) is 0 Å². The van der Waals surface area contributed by atoms with Crippen LogP contribution in [0, 0.1) is 11.3 Å². The second kappa shape index (κ2) is 11.1. The average molecular weight is 498 g/mol. The Hall–Kier alpha value is -4.42. The molecule has 0 radical (unpaired) electrons. The van der Waals surface area contributed by atoms with E-state index in [1.54, 1.807) is 26.6 Å². The van der Waals surface area contributed by atoms with Crippen LogP contribution in [0.15, 0.2) is 54.9 Å². The first-order chi connectivity index (χ1) is 18.2. The third-order valence-corrected chi connectivity index (χ3v) is 6.26. The zero-order valence-electron chi connectivity index (χ0n) is 20.8. The van der Waals surface area contributed by atoms with Crippen LogP contribution in [0.1, 0.15) is 22.3 Å². The maximum atomic E-state index is 10.0. The van der Waals surface area contributed by atoms with Gasteiger partial charge in [0.15, 0.2) is 5.75 Å². The van der Waals surface area contributed by atoms with Crippen molar-refractivity contribution >= 4 is 16.9 Å². The standard InChI is InChI=1S/C28H27N5O4/c1-34-22-6-3-19(4-7-22)18-37-28-25(35-2)14-20(16-31-28)13-21-5-8-24-27(23(21)15-29)32-26(17-30-24)33-9-11-36-12-10-33/h3-8,14,16-17H,9-13,18H2,1-2H3. The number of anilines is 1. The normalized spacial score (nSPS) is 13.3. The average Bonchev–Trinajstić information content (AvgIpc) is 2.96. The fourth-order valence-electron chi connectivity index (χ4n) is 4.24. The van der Waals surface area contributed by atoms with E-state index in [0.29, 0.717) is 54.5 Å². The van der Waals surface area contributed by atoms with Gasteiger partial charge in [0, 0.05) is 25.7 Å². The molecule has 1 aliphatic rings. The Morgan fingerprint density at radius 1 is 0.973 bits per heavy atom. The van der Waals surface area contributed by atoms with Crippen LogP contribution in [-0.2, 0) is 17.8 Å². The minimum Gasteiger partial charge on any atom is -0.497 e. The molecule has 0 aliphatic carbocycles. The fraction of sp³-hybridized carbons (Fsp3) is 0.286. The van der Waals surface area contributed by atoms with Crippen molar-refractivity contribution in [2.24, 2.45) is 0 Å². The van der Waals surface area contributed by atoms with Crippen molar-refractivity contribution in [2.45, 2.75) is 13.0 Å². The minimum atomic E-state index is 0.347. The molecule has 0 N–H and O–H groups in total. The zero-order valence-corrected chi connectivity index (χ0v) is 20.8. The molecule has 3 heterocycles. The van der Waals surface area contributed by atoms with Gasteiger partial charge >= 0.3 is 0 Å². The molecule has 0 atom stereocenters. The SMILES string of the molecule is COc1ccc(COc2ncc(Cc3ccc4ncc(N5CCOCC5)nc4c3C#N)cc2OC)cc1. The number of rotatable bonds is 8. The van der Waals surface area contributed by atoms with Crippen LogP contribution in [0.3, 0.4) is 0 Å². The fourth-order valence-corrected chi connectivity index (χ4v) is 4.24. The molecule has 2 aromatic carbocycles. The van der Waals surface area contributed by atoms with Gasteiger partial charge in [0.1, 0.15) is 29.8 Å². The van der Waals surface area contributed by atoms with Crippen molar-refractivity contribution in [1.29, 1.82) is 5.26 Å². The summed E-state index contributed by atoms with van der Waals surface area (Å²) in [7, 11) is 3.22. The first-order valence-corrected chi connectivity index (χ1v) is 12.0. The predicted molar refractivity (Wildman–Crippen MR) is 138 cm³/mol. The number of hydrogen-bond donors (Lipinski definition) is 0. The van der Waals surface area contributed by atoms with Gasteiger partial charge in [-0.2, -0.15) is 5.26 Å². The lowest BCUT2D eigenvalue weighted by molar-refractivity contribution is 0.122. The molecular weight excluding hydrogens is 470 g/mol. The maximum absolute atomic E-state index is 10.0. The van der Waals surface area contributed by atoms with E-state index in [-0.39, 0.29) is 0 Å². The van der Waals surface area contributed by atoms with Gasteiger partial charge in [-0.3, -0.25) is 4.98 Å². The highest BCUT2D eigenvalue weighted by Gasteiger charge is 2.17. The Kier molecular flexibility index (Phi) is 7.28. The van der Waals surface area contributed by atoms with Gasteiger partial charge in [-0.25, -0.2) is 9.97 Å². The largest absolute Gasteiger partial charge is 0.497 e. The molecule has 1 fully saturated rings. The van der Waals surface area contributed by atoms with Crippen LogP contribution in [0.5, 0.6) is 17.4 Å². The van der Waals surface area contributed by atoms with Gasteiger partial charge in [-0.05, 0) is 41.0 Å². The summed E-state index contributed by atoms with van der Waals surface area (Å²) in [6, 6.07) is 15.7. The van der Waals surface area contributed by atoms with Crippen molar-refractivity contribution in [3.05, 3.63) is 77.1 Å². The Bertz CT molecular complexity index is 1430. The molecule has 4 aromatic rings. The highest BCUT2D eigenvalue weighted by molar-refractivity contribution is 5.83. The van der Waals surface area contributed by atoms with E-state index in [0.717, 1.165) is 41.3 Å². The van der Waals surface area contributed by atoms with Crippen molar-refractivity contribution in [1.82, 2.24) is 15.0 Å². The van der Waals surface area contributed by atoms with Gasteiger partial charge in [-0.1, -0.05) is 18.2 Å². The predicted octanol–water partition coefficient (Wildman–Crippen LogP) is 3.92. The zero-order chi connectivity index (χ0) is 25.6. The lowest BCUT2D eigenvalue weighted by atomic mass is 9.99. The Balaban J connectivity index is 1.37. The third kappa shape index (κ3) is 5.39. The number of morpholine rings is 1. The van der Waals surface area contributed by atoms with Gasteiger partial charge in [0.2, 0.25) is 0 Å². The van der Waals surface area contributed by atoms with Gasteiger partial charge < -0.3 is 23.8 Å². The summed E-state index contributed by atoms with van der Waals surface area (Å²) in [4.78, 5) is 16.0. The second-order valence-corrected chi connectivity index (χ2v) is 8.57. The summed E-state index contributed by atoms with van der Waals surface area (Å²) >= 11 is 0. The van der Waals surface area contributed by atoms with Crippen molar-refractivity contribution in [3.8, 4) is 23.4 Å². The molecule has 0 saturated carbocycles. The molecule has 0 bridgehead atoms. The van der Waals surface area contributed by atoms with E-state index in [1.807, 2.05) is 42.5 Å². The van der Waals surface area contributed by atoms with Crippen LogP contribution in [0.2, 0.25) is 0 Å². The smallest absolute Gasteiger partial charge is 0.257 e. The molecule has 0 unspecified atom stereocenters. The summed E-state index contributed by atoms with van der Waals surface area (Å²) < 4.78 is 22.1. The van der Waals surface area contributed by atoms with Crippen molar-refractivity contribution < 1.29 is 18.9 Å².